The van der Waals surface area contributed by atoms with E-state index in [2.05, 4.69) is 32.0 Å². The number of allylic oxidation sites excluding steroid dienone is 2. The fraction of sp³-hybridized carbons (Fsp3) is 0.136. The van der Waals surface area contributed by atoms with E-state index in [1.54, 1.807) is 6.07 Å². The minimum atomic E-state index is -1.02. The van der Waals surface area contributed by atoms with Gasteiger partial charge in [0, 0.05) is 0 Å². The van der Waals surface area contributed by atoms with Crippen molar-refractivity contribution in [2.45, 2.75) is 13.8 Å². The summed E-state index contributed by atoms with van der Waals surface area (Å²) in [6.45, 7) is 4.16. The van der Waals surface area contributed by atoms with Gasteiger partial charge in [-0.3, -0.25) is 0 Å². The summed E-state index contributed by atoms with van der Waals surface area (Å²) in [6.07, 6.45) is 9.04. The molecule has 2 aromatic rings. The van der Waals surface area contributed by atoms with Crippen molar-refractivity contribution in [3.05, 3.63) is 88.7 Å². The molecule has 0 spiro atoms. The third kappa shape index (κ3) is 4.95. The van der Waals surface area contributed by atoms with Gasteiger partial charge in [0.05, 0.1) is 13.4 Å². The van der Waals surface area contributed by atoms with E-state index in [0.717, 1.165) is 11.1 Å². The lowest BCUT2D eigenvalue weighted by molar-refractivity contribution is -0.130. The summed E-state index contributed by atoms with van der Waals surface area (Å²) in [4.78, 5) is 11.4. The molecule has 0 aliphatic heterocycles. The molecule has 3 heteroatoms. The van der Waals surface area contributed by atoms with Gasteiger partial charge < -0.3 is 9.84 Å². The second-order valence-electron chi connectivity index (χ2n) is 5.74. The Balaban J connectivity index is 2.26. The predicted molar refractivity (Wildman–Crippen MR) is 103 cm³/mol. The molecule has 1 N–H and O–H groups in total. The molecule has 0 bridgehead atoms. The second kappa shape index (κ2) is 8.69. The zero-order chi connectivity index (χ0) is 18.2. The summed E-state index contributed by atoms with van der Waals surface area (Å²) in [6, 6.07) is 13.7. The second-order valence-corrected chi connectivity index (χ2v) is 5.74. The van der Waals surface area contributed by atoms with Crippen molar-refractivity contribution < 1.29 is 14.6 Å². The maximum atomic E-state index is 11.4. The smallest absolute Gasteiger partial charge is 0.339 e. The van der Waals surface area contributed by atoms with Gasteiger partial charge in [-0.2, -0.15) is 0 Å². The molecule has 2 rings (SSSR count). The molecule has 0 unspecified atom stereocenters. The monoisotopic (exact) mass is 334 g/mol. The van der Waals surface area contributed by atoms with E-state index in [0.29, 0.717) is 5.56 Å². The molecule has 0 aliphatic carbocycles. The summed E-state index contributed by atoms with van der Waals surface area (Å²) >= 11 is 0. The van der Waals surface area contributed by atoms with Crippen LogP contribution < -0.4 is 0 Å². The number of aryl methyl sites for hydroxylation is 2. The zero-order valence-corrected chi connectivity index (χ0v) is 14.7. The van der Waals surface area contributed by atoms with Crippen LogP contribution in [0.25, 0.3) is 17.7 Å². The first-order valence-electron chi connectivity index (χ1n) is 8.00. The number of carboxylic acids is 1. The van der Waals surface area contributed by atoms with E-state index in [1.165, 1.54) is 24.5 Å². The molecular formula is C22H22O3. The predicted octanol–water partition coefficient (Wildman–Crippen LogP) is 5.10. The Hall–Kier alpha value is -3.07. The summed E-state index contributed by atoms with van der Waals surface area (Å²) in [5, 5.41) is 9.37. The number of benzene rings is 2. The molecule has 128 valence electrons. The quantitative estimate of drug-likeness (QED) is 0.454. The van der Waals surface area contributed by atoms with E-state index in [9.17, 15) is 9.90 Å². The third-order valence-electron chi connectivity index (χ3n) is 3.81. The van der Waals surface area contributed by atoms with Crippen molar-refractivity contribution in [1.29, 1.82) is 0 Å². The number of carbonyl (C=O) groups is 1. The molecule has 0 saturated heterocycles. The molecule has 25 heavy (non-hydrogen) atoms. The molecule has 0 aliphatic rings. The van der Waals surface area contributed by atoms with Crippen LogP contribution in [0.2, 0.25) is 0 Å². The maximum Gasteiger partial charge on any atom is 0.339 e. The van der Waals surface area contributed by atoms with Crippen molar-refractivity contribution in [2.24, 2.45) is 0 Å². The van der Waals surface area contributed by atoms with Crippen LogP contribution in [0.15, 0.2) is 60.9 Å². The summed E-state index contributed by atoms with van der Waals surface area (Å²) in [7, 11) is 1.44. The number of rotatable bonds is 6. The van der Waals surface area contributed by atoms with Crippen molar-refractivity contribution in [3.8, 4) is 0 Å². The Morgan fingerprint density at radius 1 is 1.00 bits per heavy atom. The minimum absolute atomic E-state index is 0.126. The number of aliphatic carboxylic acids is 1. The topological polar surface area (TPSA) is 46.5 Å². The normalized spacial score (nSPS) is 12.0. The summed E-state index contributed by atoms with van der Waals surface area (Å²) < 4.78 is 4.90. The molecule has 0 saturated carbocycles. The van der Waals surface area contributed by atoms with Gasteiger partial charge in [-0.15, -0.1) is 0 Å². The van der Waals surface area contributed by atoms with Crippen LogP contribution in [-0.4, -0.2) is 18.2 Å². The van der Waals surface area contributed by atoms with Gasteiger partial charge in [0.2, 0.25) is 0 Å². The van der Waals surface area contributed by atoms with E-state index in [-0.39, 0.29) is 5.57 Å². The van der Waals surface area contributed by atoms with Crippen LogP contribution >= 0.6 is 0 Å². The first kappa shape index (κ1) is 18.3. The van der Waals surface area contributed by atoms with Gasteiger partial charge in [0.15, 0.2) is 0 Å². The number of carboxylic acid groups (broad SMARTS) is 1. The number of ether oxygens (including phenoxy) is 1. The van der Waals surface area contributed by atoms with Crippen molar-refractivity contribution in [3.63, 3.8) is 0 Å². The number of methoxy groups -OCH3 is 1. The average molecular weight is 334 g/mol. The van der Waals surface area contributed by atoms with Gasteiger partial charge in [0.1, 0.15) is 5.57 Å². The summed E-state index contributed by atoms with van der Waals surface area (Å²) in [5.74, 6) is -1.02. The molecule has 0 aromatic heterocycles. The Labute approximate surface area is 148 Å². The highest BCUT2D eigenvalue weighted by atomic mass is 16.5. The van der Waals surface area contributed by atoms with E-state index in [4.69, 9.17) is 4.74 Å². The van der Waals surface area contributed by atoms with Crippen molar-refractivity contribution in [2.75, 3.05) is 7.11 Å². The summed E-state index contributed by atoms with van der Waals surface area (Å²) in [5.41, 5.74) is 5.19. The lowest BCUT2D eigenvalue weighted by Crippen LogP contribution is -2.02. The Morgan fingerprint density at radius 2 is 1.68 bits per heavy atom. The first-order valence-corrected chi connectivity index (χ1v) is 8.00. The largest absolute Gasteiger partial charge is 0.503 e. The molecule has 0 fully saturated rings. The molecular weight excluding hydrogens is 312 g/mol. The van der Waals surface area contributed by atoms with Gasteiger partial charge in [-0.05, 0) is 36.1 Å². The van der Waals surface area contributed by atoms with E-state index in [1.807, 2.05) is 42.5 Å². The molecule has 0 radical (unpaired) electrons. The van der Waals surface area contributed by atoms with Gasteiger partial charge in [0.25, 0.3) is 0 Å². The van der Waals surface area contributed by atoms with E-state index >= 15 is 0 Å². The molecule has 3 nitrogen and oxygen atoms in total. The van der Waals surface area contributed by atoms with Crippen molar-refractivity contribution in [1.82, 2.24) is 0 Å². The van der Waals surface area contributed by atoms with Crippen LogP contribution in [0, 0.1) is 13.8 Å². The minimum Gasteiger partial charge on any atom is -0.503 e. The molecule has 2 aromatic carbocycles. The Bertz CT molecular complexity index is 842. The lowest BCUT2D eigenvalue weighted by atomic mass is 10.00. The van der Waals surface area contributed by atoms with Crippen LogP contribution in [0.4, 0.5) is 0 Å². The van der Waals surface area contributed by atoms with Gasteiger partial charge >= 0.3 is 5.97 Å². The fourth-order valence-electron chi connectivity index (χ4n) is 2.57. The Morgan fingerprint density at radius 3 is 2.32 bits per heavy atom. The lowest BCUT2D eigenvalue weighted by Gasteiger charge is -2.06. The fourth-order valence-corrected chi connectivity index (χ4v) is 2.57. The first-order chi connectivity index (χ1) is 12.0. The van der Waals surface area contributed by atoms with Crippen LogP contribution in [-0.2, 0) is 9.53 Å². The van der Waals surface area contributed by atoms with Crippen LogP contribution in [0.3, 0.4) is 0 Å². The van der Waals surface area contributed by atoms with Crippen molar-refractivity contribution >= 4 is 23.7 Å². The standard InChI is InChI=1S/C22H22O3/c1-16-12-13-18(17(2)14-16)8-4-5-9-19-10-6-7-11-20(19)21(15-25-3)22(23)24/h4-15H,1-3H3,(H,23,24). The molecule has 0 amide bonds. The highest BCUT2D eigenvalue weighted by Crippen LogP contribution is 2.21. The van der Waals surface area contributed by atoms with Gasteiger partial charge in [-0.25, -0.2) is 4.79 Å². The molecule has 0 atom stereocenters. The highest BCUT2D eigenvalue weighted by molar-refractivity contribution is 6.16. The molecule has 0 heterocycles. The number of hydrogen-bond donors (Lipinski definition) is 1. The average Bonchev–Trinajstić information content (AvgIpc) is 2.58. The van der Waals surface area contributed by atoms with E-state index < -0.39 is 5.97 Å². The third-order valence-corrected chi connectivity index (χ3v) is 3.81. The number of hydrogen-bond acceptors (Lipinski definition) is 2. The Kier molecular flexibility index (Phi) is 6.35. The van der Waals surface area contributed by atoms with Crippen LogP contribution in [0.1, 0.15) is 27.8 Å². The zero-order valence-electron chi connectivity index (χ0n) is 14.7. The maximum absolute atomic E-state index is 11.4. The van der Waals surface area contributed by atoms with Crippen LogP contribution in [0.5, 0.6) is 0 Å². The SMILES string of the molecule is COC=C(C(=O)O)c1ccccc1C=CC=Cc1ccc(C)cc1C. The highest BCUT2D eigenvalue weighted by Gasteiger charge is 2.13. The van der Waals surface area contributed by atoms with Gasteiger partial charge in [-0.1, -0.05) is 72.3 Å².